The molecule has 2 N–H and O–H groups in total. The van der Waals surface area contributed by atoms with Crippen LogP contribution in [-0.2, 0) is 19.1 Å². The molecule has 6 heteroatoms. The third-order valence-electron chi connectivity index (χ3n) is 2.84. The lowest BCUT2D eigenvalue weighted by molar-refractivity contribution is -0.155. The van der Waals surface area contributed by atoms with Gasteiger partial charge in [-0.25, -0.2) is 4.79 Å². The first kappa shape index (κ1) is 19.4. The van der Waals surface area contributed by atoms with Crippen LogP contribution in [-0.4, -0.2) is 34.6 Å². The molecule has 0 aromatic carbocycles. The fourth-order valence-corrected chi connectivity index (χ4v) is 1.79. The second-order valence-electron chi connectivity index (χ2n) is 6.21. The van der Waals surface area contributed by atoms with E-state index in [-0.39, 0.29) is 24.7 Å². The molecular weight excluding hydrogens is 274 g/mol. The van der Waals surface area contributed by atoms with Crippen LogP contribution in [0.1, 0.15) is 60.3 Å². The summed E-state index contributed by atoms with van der Waals surface area (Å²) < 4.78 is 5.11. The Hall–Kier alpha value is -1.59. The molecule has 6 nitrogen and oxygen atoms in total. The lowest BCUT2D eigenvalue weighted by Gasteiger charge is -2.21. The summed E-state index contributed by atoms with van der Waals surface area (Å²) in [6, 6.07) is -1.07. The fraction of sp³-hybridized carbons (Fsp3) is 0.800. The van der Waals surface area contributed by atoms with Gasteiger partial charge in [-0.3, -0.25) is 9.59 Å². The maximum absolute atomic E-state index is 11.8. The summed E-state index contributed by atoms with van der Waals surface area (Å²) in [6.45, 7) is 8.95. The molecule has 21 heavy (non-hydrogen) atoms. The number of hydrogen-bond donors (Lipinski definition) is 2. The average molecular weight is 301 g/mol. The van der Waals surface area contributed by atoms with E-state index in [9.17, 15) is 14.4 Å². The zero-order chi connectivity index (χ0) is 16.6. The van der Waals surface area contributed by atoms with Crippen molar-refractivity contribution in [2.45, 2.75) is 71.9 Å². The number of carbonyl (C=O) groups excluding carboxylic acids is 2. The Morgan fingerprint density at radius 2 is 1.76 bits per heavy atom. The van der Waals surface area contributed by atoms with Gasteiger partial charge < -0.3 is 15.2 Å². The number of esters is 1. The Kier molecular flexibility index (Phi) is 7.99. The van der Waals surface area contributed by atoms with Crippen molar-refractivity contribution in [2.24, 2.45) is 5.92 Å². The van der Waals surface area contributed by atoms with Gasteiger partial charge in [0.15, 0.2) is 0 Å². The minimum atomic E-state index is -1.14. The first-order chi connectivity index (χ1) is 9.56. The highest BCUT2D eigenvalue weighted by molar-refractivity contribution is 5.85. The number of amides is 1. The van der Waals surface area contributed by atoms with Crippen LogP contribution in [0.25, 0.3) is 0 Å². The van der Waals surface area contributed by atoms with E-state index < -0.39 is 23.6 Å². The standard InChI is InChI=1S/C15H27NO5/c1-6-7-10(2)13(18)16-11(14(19)20)8-9-12(17)21-15(3,4)5/h10-11H,6-9H2,1-5H3,(H,16,18)(H,19,20)/t10?,11-/m1/s1. The molecule has 0 saturated heterocycles. The lowest BCUT2D eigenvalue weighted by atomic mass is 10.0. The van der Waals surface area contributed by atoms with Crippen molar-refractivity contribution >= 4 is 17.8 Å². The van der Waals surface area contributed by atoms with E-state index in [1.54, 1.807) is 27.7 Å². The maximum atomic E-state index is 11.8. The molecule has 2 atom stereocenters. The molecule has 0 aliphatic carbocycles. The molecule has 122 valence electrons. The van der Waals surface area contributed by atoms with Gasteiger partial charge in [0.25, 0.3) is 0 Å². The van der Waals surface area contributed by atoms with Gasteiger partial charge in [0, 0.05) is 12.3 Å². The van der Waals surface area contributed by atoms with Crippen LogP contribution in [0.2, 0.25) is 0 Å². The summed E-state index contributed by atoms with van der Waals surface area (Å²) in [6.07, 6.45) is 1.53. The molecule has 0 spiro atoms. The molecule has 1 unspecified atom stereocenters. The summed E-state index contributed by atoms with van der Waals surface area (Å²) in [4.78, 5) is 34.6. The van der Waals surface area contributed by atoms with Gasteiger partial charge >= 0.3 is 11.9 Å². The van der Waals surface area contributed by atoms with E-state index in [0.717, 1.165) is 6.42 Å². The normalized spacial score (nSPS) is 14.1. The van der Waals surface area contributed by atoms with Crippen molar-refractivity contribution in [3.05, 3.63) is 0 Å². The van der Waals surface area contributed by atoms with Crippen LogP contribution < -0.4 is 5.32 Å². The number of ether oxygens (including phenoxy) is 1. The van der Waals surface area contributed by atoms with E-state index in [1.165, 1.54) is 0 Å². The van der Waals surface area contributed by atoms with Gasteiger partial charge in [-0.2, -0.15) is 0 Å². The van der Waals surface area contributed by atoms with Crippen LogP contribution in [0.5, 0.6) is 0 Å². The molecule has 0 radical (unpaired) electrons. The molecule has 0 rings (SSSR count). The number of rotatable bonds is 8. The minimum absolute atomic E-state index is 0.0227. The second-order valence-corrected chi connectivity index (χ2v) is 6.21. The quantitative estimate of drug-likeness (QED) is 0.670. The Bertz CT molecular complexity index is 373. The van der Waals surface area contributed by atoms with Crippen LogP contribution >= 0.6 is 0 Å². The highest BCUT2D eigenvalue weighted by Crippen LogP contribution is 2.11. The summed E-state index contributed by atoms with van der Waals surface area (Å²) in [5, 5.41) is 11.6. The van der Waals surface area contributed by atoms with Gasteiger partial charge in [-0.1, -0.05) is 20.3 Å². The van der Waals surface area contributed by atoms with E-state index in [2.05, 4.69) is 5.32 Å². The lowest BCUT2D eigenvalue weighted by Crippen LogP contribution is -2.43. The molecule has 0 saturated carbocycles. The first-order valence-electron chi connectivity index (χ1n) is 7.31. The van der Waals surface area contributed by atoms with Gasteiger partial charge in [-0.15, -0.1) is 0 Å². The molecule has 0 bridgehead atoms. The van der Waals surface area contributed by atoms with Crippen molar-refractivity contribution in [3.63, 3.8) is 0 Å². The largest absolute Gasteiger partial charge is 0.480 e. The van der Waals surface area contributed by atoms with Crippen LogP contribution in [0, 0.1) is 5.92 Å². The number of carboxylic acid groups (broad SMARTS) is 1. The van der Waals surface area contributed by atoms with E-state index in [1.807, 2.05) is 6.92 Å². The average Bonchev–Trinajstić information content (AvgIpc) is 2.31. The van der Waals surface area contributed by atoms with Crippen molar-refractivity contribution < 1.29 is 24.2 Å². The smallest absolute Gasteiger partial charge is 0.326 e. The molecule has 0 aliphatic heterocycles. The molecule has 0 aliphatic rings. The zero-order valence-electron chi connectivity index (χ0n) is 13.6. The Labute approximate surface area is 126 Å². The third kappa shape index (κ3) is 9.05. The topological polar surface area (TPSA) is 92.7 Å². The van der Waals surface area contributed by atoms with Crippen LogP contribution in [0.3, 0.4) is 0 Å². The van der Waals surface area contributed by atoms with Gasteiger partial charge in [0.1, 0.15) is 11.6 Å². The summed E-state index contributed by atoms with van der Waals surface area (Å²) in [5.74, 6) is -2.15. The van der Waals surface area contributed by atoms with E-state index >= 15 is 0 Å². The van der Waals surface area contributed by atoms with Crippen molar-refractivity contribution in [1.29, 1.82) is 0 Å². The zero-order valence-corrected chi connectivity index (χ0v) is 13.6. The molecular formula is C15H27NO5. The molecule has 0 heterocycles. The molecule has 0 aromatic rings. The Balaban J connectivity index is 4.42. The van der Waals surface area contributed by atoms with E-state index in [4.69, 9.17) is 9.84 Å². The predicted octanol–water partition coefficient (Wildman–Crippen LogP) is 2.11. The molecule has 1 amide bonds. The Morgan fingerprint density at radius 1 is 1.19 bits per heavy atom. The second kappa shape index (κ2) is 8.64. The van der Waals surface area contributed by atoms with Gasteiger partial charge in [-0.05, 0) is 33.6 Å². The monoisotopic (exact) mass is 301 g/mol. The third-order valence-corrected chi connectivity index (χ3v) is 2.84. The van der Waals surface area contributed by atoms with Crippen LogP contribution in [0.15, 0.2) is 0 Å². The summed E-state index contributed by atoms with van der Waals surface area (Å²) in [5.41, 5.74) is -0.602. The number of carboxylic acids is 1. The van der Waals surface area contributed by atoms with Crippen LogP contribution in [0.4, 0.5) is 0 Å². The minimum Gasteiger partial charge on any atom is -0.480 e. The summed E-state index contributed by atoms with van der Waals surface area (Å²) in [7, 11) is 0. The van der Waals surface area contributed by atoms with Crippen molar-refractivity contribution in [2.75, 3.05) is 0 Å². The number of nitrogens with one attached hydrogen (secondary N) is 1. The highest BCUT2D eigenvalue weighted by Gasteiger charge is 2.24. The molecule has 0 aromatic heterocycles. The maximum Gasteiger partial charge on any atom is 0.326 e. The Morgan fingerprint density at radius 3 is 2.19 bits per heavy atom. The highest BCUT2D eigenvalue weighted by atomic mass is 16.6. The fourth-order valence-electron chi connectivity index (χ4n) is 1.79. The van der Waals surface area contributed by atoms with Crippen molar-refractivity contribution in [1.82, 2.24) is 5.32 Å². The number of carbonyl (C=O) groups is 3. The number of aliphatic carboxylic acids is 1. The van der Waals surface area contributed by atoms with E-state index in [0.29, 0.717) is 6.42 Å². The predicted molar refractivity (Wildman–Crippen MR) is 78.7 cm³/mol. The molecule has 0 fully saturated rings. The van der Waals surface area contributed by atoms with Gasteiger partial charge in [0.05, 0.1) is 0 Å². The summed E-state index contributed by atoms with van der Waals surface area (Å²) >= 11 is 0. The van der Waals surface area contributed by atoms with Gasteiger partial charge in [0.2, 0.25) is 5.91 Å². The first-order valence-corrected chi connectivity index (χ1v) is 7.31. The van der Waals surface area contributed by atoms with Crippen molar-refractivity contribution in [3.8, 4) is 0 Å². The SMILES string of the molecule is CCCC(C)C(=O)N[C@H](CCC(=O)OC(C)(C)C)C(=O)O. The number of hydrogen-bond acceptors (Lipinski definition) is 4.